The highest BCUT2D eigenvalue weighted by atomic mass is 16.2. The summed E-state index contributed by atoms with van der Waals surface area (Å²) in [6.45, 7) is 1.39. The minimum Gasteiger partial charge on any atom is -0.326 e. The van der Waals surface area contributed by atoms with Crippen LogP contribution in [0.3, 0.4) is 0 Å². The van der Waals surface area contributed by atoms with E-state index in [0.717, 1.165) is 0 Å². The summed E-state index contributed by atoms with van der Waals surface area (Å²) in [6, 6.07) is 4.65. The van der Waals surface area contributed by atoms with Crippen LogP contribution in [-0.2, 0) is 9.59 Å². The predicted molar refractivity (Wildman–Crippen MR) is 53.7 cm³/mol. The van der Waals surface area contributed by atoms with E-state index in [1.54, 1.807) is 12.1 Å². The van der Waals surface area contributed by atoms with Gasteiger partial charge in [0.05, 0.1) is 11.3 Å². The molecule has 1 heterocycles. The number of fused-ring (bicyclic) bond motifs is 1. The Kier molecular flexibility index (Phi) is 2.00. The second-order valence-corrected chi connectivity index (χ2v) is 3.22. The third-order valence-corrected chi connectivity index (χ3v) is 2.04. The lowest BCUT2D eigenvalue weighted by Gasteiger charge is -2.03. The highest BCUT2D eigenvalue weighted by Crippen LogP contribution is 2.26. The fourth-order valence-corrected chi connectivity index (χ4v) is 1.43. The minimum absolute atomic E-state index is 0.203. The molecule has 0 radical (unpaired) electrons. The summed E-state index contributed by atoms with van der Waals surface area (Å²) in [6.07, 6.45) is 0. The zero-order chi connectivity index (χ0) is 11.0. The Morgan fingerprint density at radius 3 is 2.73 bits per heavy atom. The van der Waals surface area contributed by atoms with E-state index in [9.17, 15) is 14.4 Å². The van der Waals surface area contributed by atoms with Crippen molar-refractivity contribution in [1.29, 1.82) is 0 Å². The molecule has 0 bridgehead atoms. The van der Waals surface area contributed by atoms with Gasteiger partial charge in [-0.25, -0.2) is 0 Å². The van der Waals surface area contributed by atoms with Gasteiger partial charge in [0, 0.05) is 12.6 Å². The van der Waals surface area contributed by atoms with Gasteiger partial charge in [-0.2, -0.15) is 0 Å². The van der Waals surface area contributed by atoms with Gasteiger partial charge in [-0.05, 0) is 18.2 Å². The molecular formula is C10H8N2O3. The Hall–Kier alpha value is -2.17. The summed E-state index contributed by atoms with van der Waals surface area (Å²) >= 11 is 0. The fraction of sp³-hybridized carbons (Fsp3) is 0.100. The maximum Gasteiger partial charge on any atom is 0.296 e. The Morgan fingerprint density at radius 2 is 2.07 bits per heavy atom. The molecule has 1 aliphatic heterocycles. The highest BCUT2D eigenvalue weighted by Gasteiger charge is 2.27. The molecule has 2 N–H and O–H groups in total. The molecule has 1 aromatic carbocycles. The van der Waals surface area contributed by atoms with Crippen LogP contribution in [0.5, 0.6) is 0 Å². The molecule has 0 saturated heterocycles. The van der Waals surface area contributed by atoms with Crippen molar-refractivity contribution >= 4 is 29.0 Å². The van der Waals surface area contributed by atoms with Gasteiger partial charge in [-0.15, -0.1) is 0 Å². The van der Waals surface area contributed by atoms with Gasteiger partial charge in [0.1, 0.15) is 0 Å². The van der Waals surface area contributed by atoms with E-state index < -0.39 is 11.7 Å². The van der Waals surface area contributed by atoms with Crippen molar-refractivity contribution in [2.75, 3.05) is 10.6 Å². The molecule has 5 heteroatoms. The number of nitrogens with one attached hydrogen (secondary N) is 2. The van der Waals surface area contributed by atoms with Crippen LogP contribution in [0, 0.1) is 0 Å². The van der Waals surface area contributed by atoms with Gasteiger partial charge in [-0.1, -0.05) is 0 Å². The Bertz CT molecular complexity index is 480. The second kappa shape index (κ2) is 3.20. The molecule has 1 aromatic rings. The first kappa shape index (κ1) is 9.39. The van der Waals surface area contributed by atoms with E-state index >= 15 is 0 Å². The van der Waals surface area contributed by atoms with E-state index in [1.165, 1.54) is 13.0 Å². The molecule has 0 spiro atoms. The lowest BCUT2D eigenvalue weighted by molar-refractivity contribution is -0.114. The van der Waals surface area contributed by atoms with Gasteiger partial charge in [0.25, 0.3) is 11.7 Å². The van der Waals surface area contributed by atoms with Crippen molar-refractivity contribution in [1.82, 2.24) is 0 Å². The number of hydrogen-bond acceptors (Lipinski definition) is 3. The first-order chi connectivity index (χ1) is 7.08. The number of carbonyl (C=O) groups excluding carboxylic acids is 3. The Labute approximate surface area is 85.5 Å². The molecule has 2 amide bonds. The molecule has 0 saturated carbocycles. The summed E-state index contributed by atoms with van der Waals surface area (Å²) in [5.41, 5.74) is 1.33. The quantitative estimate of drug-likeness (QED) is 0.664. The van der Waals surface area contributed by atoms with E-state index in [0.29, 0.717) is 16.9 Å². The maximum absolute atomic E-state index is 11.2. The lowest BCUT2D eigenvalue weighted by atomic mass is 10.1. The summed E-state index contributed by atoms with van der Waals surface area (Å²) in [5.74, 6) is -1.38. The average Bonchev–Trinajstić information content (AvgIpc) is 2.41. The summed E-state index contributed by atoms with van der Waals surface area (Å²) in [4.78, 5) is 33.0. The van der Waals surface area contributed by atoms with Crippen LogP contribution in [0.4, 0.5) is 11.4 Å². The summed E-state index contributed by atoms with van der Waals surface area (Å²) in [5, 5.41) is 4.98. The van der Waals surface area contributed by atoms with Crippen molar-refractivity contribution in [3.05, 3.63) is 23.8 Å². The number of anilines is 2. The molecule has 0 fully saturated rings. The predicted octanol–water partition coefficient (Wildman–Crippen LogP) is 0.780. The monoisotopic (exact) mass is 204 g/mol. The standard InChI is InChI=1S/C10H8N2O3/c1-5(13)11-6-2-3-7-8(4-6)12-10(15)9(7)14/h2-4H,1H3,(H,11,13)(H,12,14,15). The van der Waals surface area contributed by atoms with Gasteiger partial charge in [0.15, 0.2) is 0 Å². The zero-order valence-corrected chi connectivity index (χ0v) is 7.96. The summed E-state index contributed by atoms with van der Waals surface area (Å²) < 4.78 is 0. The molecule has 76 valence electrons. The van der Waals surface area contributed by atoms with Crippen molar-refractivity contribution in [3.8, 4) is 0 Å². The fourth-order valence-electron chi connectivity index (χ4n) is 1.43. The van der Waals surface area contributed by atoms with Crippen molar-refractivity contribution < 1.29 is 14.4 Å². The van der Waals surface area contributed by atoms with Crippen LogP contribution >= 0.6 is 0 Å². The number of Topliss-reactive ketones (excluding diaryl/α,β-unsaturated/α-hetero) is 1. The molecule has 0 aliphatic carbocycles. The topological polar surface area (TPSA) is 75.3 Å². The molecule has 5 nitrogen and oxygen atoms in total. The van der Waals surface area contributed by atoms with Crippen molar-refractivity contribution in [2.24, 2.45) is 0 Å². The number of rotatable bonds is 1. The second-order valence-electron chi connectivity index (χ2n) is 3.22. The zero-order valence-electron chi connectivity index (χ0n) is 7.96. The van der Waals surface area contributed by atoms with Gasteiger partial charge in [0.2, 0.25) is 5.91 Å². The number of ketones is 1. The van der Waals surface area contributed by atoms with Crippen molar-refractivity contribution in [3.63, 3.8) is 0 Å². The Balaban J connectivity index is 2.37. The van der Waals surface area contributed by atoms with Crippen LogP contribution in [0.25, 0.3) is 0 Å². The van der Waals surface area contributed by atoms with Crippen LogP contribution < -0.4 is 10.6 Å². The number of benzene rings is 1. The molecule has 0 unspecified atom stereocenters. The van der Waals surface area contributed by atoms with Gasteiger partial charge >= 0.3 is 0 Å². The summed E-state index contributed by atoms with van der Waals surface area (Å²) in [7, 11) is 0. The van der Waals surface area contributed by atoms with Gasteiger partial charge in [-0.3, -0.25) is 14.4 Å². The minimum atomic E-state index is -0.634. The molecule has 0 atom stereocenters. The van der Waals surface area contributed by atoms with E-state index in [4.69, 9.17) is 0 Å². The largest absolute Gasteiger partial charge is 0.326 e. The Morgan fingerprint density at radius 1 is 1.33 bits per heavy atom. The van der Waals surface area contributed by atoms with E-state index in [2.05, 4.69) is 10.6 Å². The molecule has 15 heavy (non-hydrogen) atoms. The highest BCUT2D eigenvalue weighted by molar-refractivity contribution is 6.51. The van der Waals surface area contributed by atoms with Crippen molar-refractivity contribution in [2.45, 2.75) is 6.92 Å². The van der Waals surface area contributed by atoms with E-state index in [-0.39, 0.29) is 5.91 Å². The average molecular weight is 204 g/mol. The molecule has 1 aliphatic rings. The third-order valence-electron chi connectivity index (χ3n) is 2.04. The van der Waals surface area contributed by atoms with Gasteiger partial charge < -0.3 is 10.6 Å². The van der Waals surface area contributed by atoms with Crippen LogP contribution in [0.1, 0.15) is 17.3 Å². The maximum atomic E-state index is 11.2. The number of amides is 2. The molecule has 2 rings (SSSR count). The van der Waals surface area contributed by atoms with Crippen LogP contribution in [0.2, 0.25) is 0 Å². The number of hydrogen-bond donors (Lipinski definition) is 2. The lowest BCUT2D eigenvalue weighted by Crippen LogP contribution is -2.12. The van der Waals surface area contributed by atoms with E-state index in [1.807, 2.05) is 0 Å². The first-order valence-electron chi connectivity index (χ1n) is 4.35. The normalized spacial score (nSPS) is 13.4. The number of carbonyl (C=O) groups is 3. The molecular weight excluding hydrogens is 196 g/mol. The molecule has 0 aromatic heterocycles. The first-order valence-corrected chi connectivity index (χ1v) is 4.35. The van der Waals surface area contributed by atoms with Crippen LogP contribution in [-0.4, -0.2) is 17.6 Å². The third kappa shape index (κ3) is 1.59. The smallest absolute Gasteiger partial charge is 0.296 e. The SMILES string of the molecule is CC(=O)Nc1ccc2c(c1)NC(=O)C2=O. The van der Waals surface area contributed by atoms with Crippen LogP contribution in [0.15, 0.2) is 18.2 Å².